The Morgan fingerprint density at radius 1 is 1.21 bits per heavy atom. The molecule has 1 aliphatic carbocycles. The molecule has 3 aromatic rings. The van der Waals surface area contributed by atoms with Crippen LogP contribution in [0.3, 0.4) is 0 Å². The summed E-state index contributed by atoms with van der Waals surface area (Å²) in [6.07, 6.45) is 1.80. The van der Waals surface area contributed by atoms with Crippen molar-refractivity contribution in [2.75, 3.05) is 13.2 Å². The first-order valence-electron chi connectivity index (χ1n) is 11.1. The third-order valence-electron chi connectivity index (χ3n) is 4.97. The Balaban J connectivity index is 1.38. The van der Waals surface area contributed by atoms with E-state index in [2.05, 4.69) is 10.3 Å². The molecule has 1 amide bonds. The van der Waals surface area contributed by atoms with Crippen LogP contribution in [0, 0.1) is 11.7 Å². The molecule has 0 radical (unpaired) electrons. The standard InChI is InChI=1S/C25H29FN2O5/c1-15(27-24(29)33-25(2,3)4)13-30-18-8-9-20-22(12-18)32-23(28-20)17-7-10-21(19(26)11-17)31-14-16-5-6-16/h7-12,15-16H,5-6,13-14H2,1-4H3,(H,27,29)/t15-/m0/s1. The average molecular weight is 457 g/mol. The van der Waals surface area contributed by atoms with Crippen LogP contribution in [-0.4, -0.2) is 35.9 Å². The molecule has 1 heterocycles. The molecular weight excluding hydrogens is 427 g/mol. The van der Waals surface area contributed by atoms with E-state index in [9.17, 15) is 9.18 Å². The number of hydrogen-bond acceptors (Lipinski definition) is 6. The minimum atomic E-state index is -0.563. The minimum Gasteiger partial charge on any atom is -0.491 e. The molecule has 0 bridgehead atoms. The SMILES string of the molecule is C[C@@H](COc1ccc2nc(-c3ccc(OCC4CC4)c(F)c3)oc2c1)NC(=O)OC(C)(C)C. The summed E-state index contributed by atoms with van der Waals surface area (Å²) < 4.78 is 36.8. The van der Waals surface area contributed by atoms with Gasteiger partial charge in [-0.15, -0.1) is 0 Å². The number of oxazole rings is 1. The van der Waals surface area contributed by atoms with E-state index in [1.54, 1.807) is 51.1 Å². The molecule has 1 saturated carbocycles. The van der Waals surface area contributed by atoms with Crippen molar-refractivity contribution in [2.45, 2.75) is 52.2 Å². The number of halogens is 1. The van der Waals surface area contributed by atoms with Crippen molar-refractivity contribution in [3.8, 4) is 23.0 Å². The van der Waals surface area contributed by atoms with Crippen molar-refractivity contribution in [2.24, 2.45) is 5.92 Å². The quantitative estimate of drug-likeness (QED) is 0.467. The predicted molar refractivity (Wildman–Crippen MR) is 122 cm³/mol. The monoisotopic (exact) mass is 456 g/mol. The maximum Gasteiger partial charge on any atom is 0.407 e. The van der Waals surface area contributed by atoms with Crippen molar-refractivity contribution in [1.82, 2.24) is 10.3 Å². The Morgan fingerprint density at radius 3 is 2.70 bits per heavy atom. The first kappa shape index (κ1) is 22.9. The van der Waals surface area contributed by atoms with Crippen molar-refractivity contribution < 1.29 is 27.8 Å². The zero-order chi connectivity index (χ0) is 23.6. The number of aromatic nitrogens is 1. The fraction of sp³-hybridized carbons (Fsp3) is 0.440. The van der Waals surface area contributed by atoms with Crippen LogP contribution in [-0.2, 0) is 4.74 Å². The summed E-state index contributed by atoms with van der Waals surface area (Å²) >= 11 is 0. The second-order valence-corrected chi connectivity index (χ2v) is 9.41. The molecule has 4 rings (SSSR count). The number of rotatable bonds is 8. The van der Waals surface area contributed by atoms with Gasteiger partial charge < -0.3 is 23.9 Å². The molecule has 1 fully saturated rings. The Hall–Kier alpha value is -3.29. The summed E-state index contributed by atoms with van der Waals surface area (Å²) in [5, 5.41) is 2.73. The highest BCUT2D eigenvalue weighted by molar-refractivity contribution is 5.77. The van der Waals surface area contributed by atoms with Crippen molar-refractivity contribution >= 4 is 17.2 Å². The van der Waals surface area contributed by atoms with Crippen molar-refractivity contribution in [3.05, 3.63) is 42.2 Å². The first-order chi connectivity index (χ1) is 15.7. The van der Waals surface area contributed by atoms with Crippen LogP contribution in [0.5, 0.6) is 11.5 Å². The van der Waals surface area contributed by atoms with Crippen molar-refractivity contribution in [1.29, 1.82) is 0 Å². The van der Waals surface area contributed by atoms with Crippen LogP contribution >= 0.6 is 0 Å². The minimum absolute atomic E-state index is 0.242. The summed E-state index contributed by atoms with van der Waals surface area (Å²) in [6, 6.07) is 9.71. The van der Waals surface area contributed by atoms with Gasteiger partial charge in [-0.25, -0.2) is 14.2 Å². The Morgan fingerprint density at radius 2 is 2.00 bits per heavy atom. The van der Waals surface area contributed by atoms with Gasteiger partial charge in [-0.1, -0.05) is 0 Å². The molecule has 2 aromatic carbocycles. The average Bonchev–Trinajstić information content (AvgIpc) is 3.46. The summed E-state index contributed by atoms with van der Waals surface area (Å²) in [5.41, 5.74) is 1.11. The Kier molecular flexibility index (Phi) is 6.44. The molecule has 1 atom stereocenters. The van der Waals surface area contributed by atoms with E-state index in [1.165, 1.54) is 6.07 Å². The summed E-state index contributed by atoms with van der Waals surface area (Å²) in [5.74, 6) is 1.24. The molecule has 7 nitrogen and oxygen atoms in total. The predicted octanol–water partition coefficient (Wildman–Crippen LogP) is 5.71. The third-order valence-corrected chi connectivity index (χ3v) is 4.97. The van der Waals surface area contributed by atoms with Crippen LogP contribution in [0.25, 0.3) is 22.6 Å². The van der Waals surface area contributed by atoms with E-state index >= 15 is 0 Å². The molecule has 8 heteroatoms. The molecular formula is C25H29FN2O5. The van der Waals surface area contributed by atoms with Gasteiger partial charge in [0.05, 0.1) is 12.6 Å². The van der Waals surface area contributed by atoms with Gasteiger partial charge in [0.15, 0.2) is 17.1 Å². The topological polar surface area (TPSA) is 82.8 Å². The molecule has 1 aliphatic rings. The van der Waals surface area contributed by atoms with Crippen LogP contribution in [0.15, 0.2) is 40.8 Å². The zero-order valence-electron chi connectivity index (χ0n) is 19.3. The fourth-order valence-corrected chi connectivity index (χ4v) is 3.13. The lowest BCUT2D eigenvalue weighted by molar-refractivity contribution is 0.0494. The van der Waals surface area contributed by atoms with Crippen LogP contribution in [0.4, 0.5) is 9.18 Å². The largest absolute Gasteiger partial charge is 0.491 e. The highest BCUT2D eigenvalue weighted by Crippen LogP contribution is 2.32. The lowest BCUT2D eigenvalue weighted by Crippen LogP contribution is -2.40. The number of ether oxygens (including phenoxy) is 3. The van der Waals surface area contributed by atoms with Gasteiger partial charge >= 0.3 is 6.09 Å². The molecule has 0 saturated heterocycles. The lowest BCUT2D eigenvalue weighted by atomic mass is 10.2. The van der Waals surface area contributed by atoms with Gasteiger partial charge in [0, 0.05) is 11.6 Å². The van der Waals surface area contributed by atoms with Crippen molar-refractivity contribution in [3.63, 3.8) is 0 Å². The first-order valence-corrected chi connectivity index (χ1v) is 11.1. The number of hydrogen-bond donors (Lipinski definition) is 1. The van der Waals surface area contributed by atoms with Crippen LogP contribution < -0.4 is 14.8 Å². The number of carbonyl (C=O) groups is 1. The van der Waals surface area contributed by atoms with Crippen LogP contribution in [0.2, 0.25) is 0 Å². The smallest absolute Gasteiger partial charge is 0.407 e. The number of amides is 1. The fourth-order valence-electron chi connectivity index (χ4n) is 3.13. The molecule has 0 aliphatic heterocycles. The number of carbonyl (C=O) groups excluding carboxylic acids is 1. The lowest BCUT2D eigenvalue weighted by Gasteiger charge is -2.22. The zero-order valence-corrected chi connectivity index (χ0v) is 19.3. The van der Waals surface area contributed by atoms with E-state index in [0.29, 0.717) is 40.8 Å². The number of nitrogens with one attached hydrogen (secondary N) is 1. The maximum atomic E-state index is 14.4. The van der Waals surface area contributed by atoms with Gasteiger partial charge in [0.2, 0.25) is 5.89 Å². The Labute approximate surface area is 192 Å². The highest BCUT2D eigenvalue weighted by Gasteiger charge is 2.23. The van der Waals surface area contributed by atoms with E-state index in [-0.39, 0.29) is 18.4 Å². The summed E-state index contributed by atoms with van der Waals surface area (Å²) in [7, 11) is 0. The van der Waals surface area contributed by atoms with Crippen LogP contribution in [0.1, 0.15) is 40.5 Å². The second-order valence-electron chi connectivity index (χ2n) is 9.41. The second kappa shape index (κ2) is 9.29. The van der Waals surface area contributed by atoms with E-state index in [1.807, 2.05) is 6.92 Å². The number of nitrogens with zero attached hydrogens (tertiary/aromatic N) is 1. The molecule has 0 unspecified atom stereocenters. The molecule has 1 N–H and O–H groups in total. The van der Waals surface area contributed by atoms with E-state index < -0.39 is 17.5 Å². The number of alkyl carbamates (subject to hydrolysis) is 1. The third kappa shape index (κ3) is 6.37. The molecule has 1 aromatic heterocycles. The highest BCUT2D eigenvalue weighted by atomic mass is 19.1. The normalized spacial score (nSPS) is 14.7. The van der Waals surface area contributed by atoms with Gasteiger partial charge in [-0.2, -0.15) is 0 Å². The molecule has 33 heavy (non-hydrogen) atoms. The van der Waals surface area contributed by atoms with Gasteiger partial charge in [0.25, 0.3) is 0 Å². The molecule has 0 spiro atoms. The van der Waals surface area contributed by atoms with Gasteiger partial charge in [-0.3, -0.25) is 0 Å². The summed E-state index contributed by atoms with van der Waals surface area (Å²) in [4.78, 5) is 16.3. The van der Waals surface area contributed by atoms with E-state index in [0.717, 1.165) is 12.8 Å². The van der Waals surface area contributed by atoms with Gasteiger partial charge in [0.1, 0.15) is 23.5 Å². The maximum absolute atomic E-state index is 14.4. The number of benzene rings is 2. The summed E-state index contributed by atoms with van der Waals surface area (Å²) in [6.45, 7) is 8.04. The molecule has 176 valence electrons. The van der Waals surface area contributed by atoms with E-state index in [4.69, 9.17) is 18.6 Å². The Bertz CT molecular complexity index is 1130. The number of fused-ring (bicyclic) bond motifs is 1. The van der Waals surface area contributed by atoms with Gasteiger partial charge in [-0.05, 0) is 76.8 Å².